The maximum atomic E-state index is 15.1. The van der Waals surface area contributed by atoms with Crippen molar-refractivity contribution >= 4 is 34.0 Å². The number of pyridine rings is 1. The number of benzene rings is 2. The first-order valence-corrected chi connectivity index (χ1v) is 9.31. The molecule has 0 spiro atoms. The molecule has 1 aromatic heterocycles. The summed E-state index contributed by atoms with van der Waals surface area (Å²) in [6.45, 7) is 2.79. The maximum absolute atomic E-state index is 15.1. The number of carbonyl (C=O) groups is 1. The first kappa shape index (κ1) is 19.1. The van der Waals surface area contributed by atoms with Gasteiger partial charge in [-0.2, -0.15) is 5.26 Å². The van der Waals surface area contributed by atoms with Crippen molar-refractivity contribution in [3.8, 4) is 6.07 Å². The third kappa shape index (κ3) is 2.79. The predicted octanol–water partition coefficient (Wildman–Crippen LogP) is 4.28. The molecule has 3 aromatic rings. The highest BCUT2D eigenvalue weighted by Gasteiger charge is 2.30. The lowest BCUT2D eigenvalue weighted by molar-refractivity contribution is 0.104. The molecule has 2 N–H and O–H groups in total. The predicted molar refractivity (Wildman–Crippen MR) is 105 cm³/mol. The number of carbonyl (C=O) groups excluding carboxylic acids is 1. The standard InChI is InChI=1S/C21H15ClF2N4O/c1-10-3-5-11(6-4-10)19(29)15-13-14(17(23)12(9-25)18(24)16(13)22)20(26)28-8-2-7-27-21(15)28/h3-6,26-27H,2,7-8H2,1H3. The van der Waals surface area contributed by atoms with E-state index in [1.807, 2.05) is 6.92 Å². The molecule has 5 nitrogen and oxygen atoms in total. The number of nitrogens with one attached hydrogen (secondary N) is 2. The van der Waals surface area contributed by atoms with Gasteiger partial charge in [0, 0.05) is 24.0 Å². The first-order valence-electron chi connectivity index (χ1n) is 8.93. The fraction of sp³-hybridized carbons (Fsp3) is 0.190. The van der Waals surface area contributed by atoms with E-state index in [2.05, 4.69) is 5.32 Å². The van der Waals surface area contributed by atoms with Gasteiger partial charge < -0.3 is 9.88 Å². The molecule has 8 heteroatoms. The molecular formula is C21H15ClF2N4O. The molecule has 0 aliphatic carbocycles. The minimum atomic E-state index is -1.24. The number of aromatic nitrogens is 1. The lowest BCUT2D eigenvalue weighted by Crippen LogP contribution is -2.32. The molecule has 0 saturated heterocycles. The summed E-state index contributed by atoms with van der Waals surface area (Å²) in [5, 5.41) is 19.6. The van der Waals surface area contributed by atoms with E-state index in [1.54, 1.807) is 24.3 Å². The number of ketones is 1. The summed E-state index contributed by atoms with van der Waals surface area (Å²) < 4.78 is 31.2. The summed E-state index contributed by atoms with van der Waals surface area (Å²) in [5.41, 5.74) is 0.140. The Morgan fingerprint density at radius 1 is 1.24 bits per heavy atom. The van der Waals surface area contributed by atoms with Gasteiger partial charge in [-0.05, 0) is 13.3 Å². The number of fused-ring (bicyclic) bond motifs is 2. The highest BCUT2D eigenvalue weighted by Crippen LogP contribution is 2.37. The molecule has 146 valence electrons. The van der Waals surface area contributed by atoms with Crippen molar-refractivity contribution in [2.45, 2.75) is 19.9 Å². The molecule has 2 heterocycles. The van der Waals surface area contributed by atoms with Crippen LogP contribution in [0.2, 0.25) is 5.02 Å². The van der Waals surface area contributed by atoms with Crippen LogP contribution in [0.15, 0.2) is 24.3 Å². The molecule has 0 fully saturated rings. The number of nitriles is 1. The van der Waals surface area contributed by atoms with Crippen LogP contribution in [0.4, 0.5) is 14.6 Å². The molecule has 2 aromatic carbocycles. The highest BCUT2D eigenvalue weighted by atomic mass is 35.5. The van der Waals surface area contributed by atoms with Gasteiger partial charge in [0.15, 0.2) is 17.4 Å². The van der Waals surface area contributed by atoms with Crippen molar-refractivity contribution in [1.82, 2.24) is 4.57 Å². The van der Waals surface area contributed by atoms with E-state index in [-0.39, 0.29) is 21.8 Å². The zero-order valence-corrected chi connectivity index (χ0v) is 16.1. The normalized spacial score (nSPS) is 12.9. The molecule has 0 unspecified atom stereocenters. The maximum Gasteiger partial charge on any atom is 0.197 e. The van der Waals surface area contributed by atoms with E-state index in [0.717, 1.165) is 5.56 Å². The number of hydrogen-bond acceptors (Lipinski definition) is 4. The molecule has 0 radical (unpaired) electrons. The SMILES string of the molecule is Cc1ccc(C(=O)c2c3n(c(=N)c4c(F)c(C#N)c(F)c(Cl)c24)CCCN3)cc1. The van der Waals surface area contributed by atoms with Crippen molar-refractivity contribution in [2.24, 2.45) is 0 Å². The van der Waals surface area contributed by atoms with Crippen LogP contribution in [0.25, 0.3) is 10.8 Å². The third-order valence-corrected chi connectivity index (χ3v) is 5.44. The Morgan fingerprint density at radius 3 is 2.59 bits per heavy atom. The van der Waals surface area contributed by atoms with E-state index in [1.165, 1.54) is 10.6 Å². The number of aryl methyl sites for hydroxylation is 1. The van der Waals surface area contributed by atoms with Crippen LogP contribution in [0, 0.1) is 35.3 Å². The van der Waals surface area contributed by atoms with Crippen molar-refractivity contribution in [3.63, 3.8) is 0 Å². The lowest BCUT2D eigenvalue weighted by atomic mass is 9.95. The van der Waals surface area contributed by atoms with E-state index in [4.69, 9.17) is 22.3 Å². The van der Waals surface area contributed by atoms with Crippen LogP contribution < -0.4 is 10.8 Å². The van der Waals surface area contributed by atoms with Gasteiger partial charge in [-0.1, -0.05) is 41.4 Å². The van der Waals surface area contributed by atoms with E-state index in [9.17, 15) is 9.18 Å². The van der Waals surface area contributed by atoms with Crippen LogP contribution in [0.1, 0.15) is 33.5 Å². The summed E-state index contributed by atoms with van der Waals surface area (Å²) in [5.74, 6) is -2.60. The van der Waals surface area contributed by atoms with Gasteiger partial charge >= 0.3 is 0 Å². The second-order valence-corrected chi connectivity index (χ2v) is 7.26. The monoisotopic (exact) mass is 412 g/mol. The first-order chi connectivity index (χ1) is 13.9. The quantitative estimate of drug-likeness (QED) is 0.487. The molecule has 0 atom stereocenters. The van der Waals surface area contributed by atoms with Crippen LogP contribution >= 0.6 is 11.6 Å². The molecular weight excluding hydrogens is 398 g/mol. The van der Waals surface area contributed by atoms with Crippen LogP contribution in [-0.4, -0.2) is 16.9 Å². The molecule has 1 aliphatic heterocycles. The zero-order chi connectivity index (χ0) is 20.9. The van der Waals surface area contributed by atoms with Crippen LogP contribution in [0.5, 0.6) is 0 Å². The number of nitrogens with zero attached hydrogens (tertiary/aromatic N) is 2. The van der Waals surface area contributed by atoms with Gasteiger partial charge in [-0.15, -0.1) is 0 Å². The Morgan fingerprint density at radius 2 is 1.93 bits per heavy atom. The smallest absolute Gasteiger partial charge is 0.197 e. The van der Waals surface area contributed by atoms with E-state index >= 15 is 4.39 Å². The Bertz CT molecular complexity index is 1290. The molecule has 0 amide bonds. The summed E-state index contributed by atoms with van der Waals surface area (Å²) in [4.78, 5) is 13.4. The minimum Gasteiger partial charge on any atom is -0.371 e. The average Bonchev–Trinajstić information content (AvgIpc) is 2.72. The minimum absolute atomic E-state index is 0.00755. The Hall–Kier alpha value is -3.24. The van der Waals surface area contributed by atoms with E-state index < -0.39 is 28.0 Å². The summed E-state index contributed by atoms with van der Waals surface area (Å²) in [6, 6.07) is 8.24. The van der Waals surface area contributed by atoms with Gasteiger partial charge in [-0.25, -0.2) is 8.78 Å². The summed E-state index contributed by atoms with van der Waals surface area (Å²) in [7, 11) is 0. The third-order valence-electron chi connectivity index (χ3n) is 5.09. The largest absolute Gasteiger partial charge is 0.371 e. The second kappa shape index (κ2) is 6.98. The summed E-state index contributed by atoms with van der Waals surface area (Å²) in [6.07, 6.45) is 0.662. The Balaban J connectivity index is 2.20. The second-order valence-electron chi connectivity index (χ2n) is 6.88. The number of rotatable bonds is 2. The number of halogens is 3. The van der Waals surface area contributed by atoms with Gasteiger partial charge in [-0.3, -0.25) is 10.2 Å². The fourth-order valence-corrected chi connectivity index (χ4v) is 3.92. The van der Waals surface area contributed by atoms with Crippen molar-refractivity contribution in [1.29, 1.82) is 10.7 Å². The van der Waals surface area contributed by atoms with Crippen LogP contribution in [0.3, 0.4) is 0 Å². The van der Waals surface area contributed by atoms with Gasteiger partial charge in [0.25, 0.3) is 0 Å². The van der Waals surface area contributed by atoms with Gasteiger partial charge in [0.1, 0.15) is 22.9 Å². The molecule has 0 saturated carbocycles. The fourth-order valence-electron chi connectivity index (χ4n) is 3.64. The molecule has 4 rings (SSSR count). The Labute approximate surface area is 169 Å². The van der Waals surface area contributed by atoms with Crippen molar-refractivity contribution in [2.75, 3.05) is 11.9 Å². The van der Waals surface area contributed by atoms with Gasteiger partial charge in [0.05, 0.1) is 16.0 Å². The zero-order valence-electron chi connectivity index (χ0n) is 15.4. The Kier molecular flexibility index (Phi) is 4.59. The topological polar surface area (TPSA) is 81.7 Å². The average molecular weight is 413 g/mol. The number of anilines is 1. The molecule has 0 bridgehead atoms. The van der Waals surface area contributed by atoms with Crippen molar-refractivity contribution in [3.05, 3.63) is 68.7 Å². The van der Waals surface area contributed by atoms with Crippen molar-refractivity contribution < 1.29 is 13.6 Å². The van der Waals surface area contributed by atoms with E-state index in [0.29, 0.717) is 30.9 Å². The molecule has 29 heavy (non-hydrogen) atoms. The lowest BCUT2D eigenvalue weighted by Gasteiger charge is -2.26. The highest BCUT2D eigenvalue weighted by molar-refractivity contribution is 6.38. The summed E-state index contributed by atoms with van der Waals surface area (Å²) >= 11 is 6.19. The van der Waals surface area contributed by atoms with Crippen LogP contribution in [-0.2, 0) is 6.54 Å². The molecule has 1 aliphatic rings. The van der Waals surface area contributed by atoms with Gasteiger partial charge in [0.2, 0.25) is 0 Å². The number of hydrogen-bond donors (Lipinski definition) is 2.